The maximum absolute atomic E-state index is 12.1. The highest BCUT2D eigenvalue weighted by Gasteiger charge is 2.11. The van der Waals surface area contributed by atoms with Gasteiger partial charge in [0, 0.05) is 4.47 Å². The summed E-state index contributed by atoms with van der Waals surface area (Å²) in [4.78, 5) is 16.0. The number of aromatic nitrogens is 1. The van der Waals surface area contributed by atoms with Gasteiger partial charge in [0.25, 0.3) is 5.91 Å². The summed E-state index contributed by atoms with van der Waals surface area (Å²) in [7, 11) is 1.52. The summed E-state index contributed by atoms with van der Waals surface area (Å²) in [6.45, 7) is 0. The van der Waals surface area contributed by atoms with E-state index in [1.807, 2.05) is 12.1 Å². The van der Waals surface area contributed by atoms with Crippen LogP contribution in [-0.2, 0) is 0 Å². The van der Waals surface area contributed by atoms with Crippen molar-refractivity contribution in [1.29, 1.82) is 5.26 Å². The summed E-state index contributed by atoms with van der Waals surface area (Å²) < 4.78 is 5.99. The molecule has 0 saturated heterocycles. The van der Waals surface area contributed by atoms with Crippen molar-refractivity contribution in [3.63, 3.8) is 0 Å². The fourth-order valence-corrected chi connectivity index (χ4v) is 1.95. The Morgan fingerprint density at radius 3 is 2.90 bits per heavy atom. The third kappa shape index (κ3) is 3.13. The molecule has 20 heavy (non-hydrogen) atoms. The van der Waals surface area contributed by atoms with Crippen molar-refractivity contribution in [3.8, 4) is 11.8 Å². The smallest absolute Gasteiger partial charge is 0.274 e. The molecular formula is C14H10BrN3O2. The van der Waals surface area contributed by atoms with E-state index >= 15 is 0 Å². The largest absolute Gasteiger partial charge is 0.495 e. The Morgan fingerprint density at radius 2 is 2.20 bits per heavy atom. The fraction of sp³-hybridized carbons (Fsp3) is 0.0714. The van der Waals surface area contributed by atoms with Crippen molar-refractivity contribution in [2.75, 3.05) is 12.4 Å². The summed E-state index contributed by atoms with van der Waals surface area (Å²) in [5.41, 5.74) is 0.890. The number of hydrogen-bond acceptors (Lipinski definition) is 4. The van der Waals surface area contributed by atoms with Gasteiger partial charge in [-0.05, 0) is 30.3 Å². The highest BCUT2D eigenvalue weighted by molar-refractivity contribution is 9.10. The quantitative estimate of drug-likeness (QED) is 0.938. The third-order valence-electron chi connectivity index (χ3n) is 2.51. The second-order valence-electron chi connectivity index (χ2n) is 3.82. The SMILES string of the molecule is COc1ccc(Br)cc1NC(=O)c1cccc(C#N)n1. The molecule has 1 amide bonds. The molecule has 0 aliphatic carbocycles. The van der Waals surface area contributed by atoms with Crippen molar-refractivity contribution >= 4 is 27.5 Å². The van der Waals surface area contributed by atoms with Crippen LogP contribution in [0.25, 0.3) is 0 Å². The van der Waals surface area contributed by atoms with Crippen molar-refractivity contribution in [2.45, 2.75) is 0 Å². The van der Waals surface area contributed by atoms with Gasteiger partial charge in [0.05, 0.1) is 12.8 Å². The van der Waals surface area contributed by atoms with Crippen LogP contribution in [0.2, 0.25) is 0 Å². The summed E-state index contributed by atoms with van der Waals surface area (Å²) in [6.07, 6.45) is 0. The van der Waals surface area contributed by atoms with Gasteiger partial charge >= 0.3 is 0 Å². The number of amides is 1. The number of nitrogens with zero attached hydrogens (tertiary/aromatic N) is 2. The van der Waals surface area contributed by atoms with E-state index in [0.29, 0.717) is 11.4 Å². The van der Waals surface area contributed by atoms with Crippen molar-refractivity contribution in [1.82, 2.24) is 4.98 Å². The molecule has 1 N–H and O–H groups in total. The first-order chi connectivity index (χ1) is 9.63. The van der Waals surface area contributed by atoms with Gasteiger partial charge in [0.15, 0.2) is 0 Å². The number of methoxy groups -OCH3 is 1. The zero-order valence-corrected chi connectivity index (χ0v) is 12.1. The van der Waals surface area contributed by atoms with E-state index < -0.39 is 5.91 Å². The number of benzene rings is 1. The molecule has 1 heterocycles. The number of ether oxygens (including phenoxy) is 1. The maximum Gasteiger partial charge on any atom is 0.274 e. The molecule has 1 aromatic carbocycles. The molecular weight excluding hydrogens is 322 g/mol. The molecule has 6 heteroatoms. The fourth-order valence-electron chi connectivity index (χ4n) is 1.59. The summed E-state index contributed by atoms with van der Waals surface area (Å²) >= 11 is 3.33. The standard InChI is InChI=1S/C14H10BrN3O2/c1-20-13-6-5-9(15)7-12(13)18-14(19)11-4-2-3-10(8-16)17-11/h2-7H,1H3,(H,18,19). The first-order valence-electron chi connectivity index (χ1n) is 5.66. The molecule has 0 bridgehead atoms. The van der Waals surface area contributed by atoms with Gasteiger partial charge in [0.1, 0.15) is 23.2 Å². The van der Waals surface area contributed by atoms with Gasteiger partial charge in [0.2, 0.25) is 0 Å². The number of anilines is 1. The monoisotopic (exact) mass is 331 g/mol. The third-order valence-corrected chi connectivity index (χ3v) is 3.00. The van der Waals surface area contributed by atoms with Crippen LogP contribution >= 0.6 is 15.9 Å². The molecule has 0 atom stereocenters. The van der Waals surface area contributed by atoms with Crippen LogP contribution in [0.4, 0.5) is 5.69 Å². The van der Waals surface area contributed by atoms with Gasteiger partial charge < -0.3 is 10.1 Å². The first-order valence-corrected chi connectivity index (χ1v) is 6.45. The van der Waals surface area contributed by atoms with E-state index in [2.05, 4.69) is 26.2 Å². The molecule has 0 saturated carbocycles. The summed E-state index contributed by atoms with van der Waals surface area (Å²) in [5.74, 6) is 0.136. The van der Waals surface area contributed by atoms with E-state index in [1.54, 1.807) is 24.3 Å². The molecule has 1 aromatic heterocycles. The van der Waals surface area contributed by atoms with Crippen molar-refractivity contribution < 1.29 is 9.53 Å². The highest BCUT2D eigenvalue weighted by atomic mass is 79.9. The molecule has 0 unspecified atom stereocenters. The number of rotatable bonds is 3. The molecule has 0 radical (unpaired) electrons. The average molecular weight is 332 g/mol. The normalized spacial score (nSPS) is 9.65. The van der Waals surface area contributed by atoms with Crippen LogP contribution in [0.3, 0.4) is 0 Å². The number of nitriles is 1. The lowest BCUT2D eigenvalue weighted by Crippen LogP contribution is -2.14. The number of halogens is 1. The average Bonchev–Trinajstić information content (AvgIpc) is 2.47. The Morgan fingerprint density at radius 1 is 1.40 bits per heavy atom. The lowest BCUT2D eigenvalue weighted by Gasteiger charge is -2.10. The summed E-state index contributed by atoms with van der Waals surface area (Å²) in [5, 5.41) is 11.5. The zero-order chi connectivity index (χ0) is 14.5. The van der Waals surface area contributed by atoms with E-state index in [0.717, 1.165) is 4.47 Å². The molecule has 100 valence electrons. The minimum atomic E-state index is -0.404. The van der Waals surface area contributed by atoms with E-state index in [-0.39, 0.29) is 11.4 Å². The number of carbonyl (C=O) groups excluding carboxylic acids is 1. The van der Waals surface area contributed by atoms with Gasteiger partial charge in [-0.15, -0.1) is 0 Å². The lowest BCUT2D eigenvalue weighted by atomic mass is 10.2. The highest BCUT2D eigenvalue weighted by Crippen LogP contribution is 2.28. The van der Waals surface area contributed by atoms with Crippen LogP contribution in [0.1, 0.15) is 16.2 Å². The Labute approximate surface area is 124 Å². The Hall–Kier alpha value is -2.39. The van der Waals surface area contributed by atoms with Crippen LogP contribution in [0.5, 0.6) is 5.75 Å². The van der Waals surface area contributed by atoms with E-state index in [4.69, 9.17) is 10.00 Å². The number of carbonyl (C=O) groups is 1. The Balaban J connectivity index is 2.27. The van der Waals surface area contributed by atoms with Crippen LogP contribution in [0.15, 0.2) is 40.9 Å². The Bertz CT molecular complexity index is 695. The molecule has 0 fully saturated rings. The maximum atomic E-state index is 12.1. The predicted octanol–water partition coefficient (Wildman–Crippen LogP) is 2.98. The van der Waals surface area contributed by atoms with Crippen LogP contribution < -0.4 is 10.1 Å². The lowest BCUT2D eigenvalue weighted by molar-refractivity contribution is 0.102. The van der Waals surface area contributed by atoms with Crippen LogP contribution in [0, 0.1) is 11.3 Å². The molecule has 0 spiro atoms. The number of nitrogens with one attached hydrogen (secondary N) is 1. The first kappa shape index (κ1) is 14.0. The minimum absolute atomic E-state index is 0.172. The van der Waals surface area contributed by atoms with Gasteiger partial charge in [-0.1, -0.05) is 22.0 Å². The topological polar surface area (TPSA) is 75.0 Å². The van der Waals surface area contributed by atoms with Gasteiger partial charge in [-0.25, -0.2) is 4.98 Å². The zero-order valence-electron chi connectivity index (χ0n) is 10.6. The second-order valence-corrected chi connectivity index (χ2v) is 4.73. The molecule has 0 aliphatic heterocycles. The molecule has 0 aliphatic rings. The molecule has 2 aromatic rings. The number of hydrogen-bond donors (Lipinski definition) is 1. The van der Waals surface area contributed by atoms with E-state index in [9.17, 15) is 4.79 Å². The van der Waals surface area contributed by atoms with Gasteiger partial charge in [-0.3, -0.25) is 4.79 Å². The molecule has 5 nitrogen and oxygen atoms in total. The van der Waals surface area contributed by atoms with Crippen molar-refractivity contribution in [2.24, 2.45) is 0 Å². The molecule has 2 rings (SSSR count). The Kier molecular flexibility index (Phi) is 4.33. The van der Waals surface area contributed by atoms with Crippen LogP contribution in [-0.4, -0.2) is 18.0 Å². The van der Waals surface area contributed by atoms with Gasteiger partial charge in [-0.2, -0.15) is 5.26 Å². The predicted molar refractivity (Wildman–Crippen MR) is 77.6 cm³/mol. The van der Waals surface area contributed by atoms with Crippen molar-refractivity contribution in [3.05, 3.63) is 52.3 Å². The second kappa shape index (κ2) is 6.17. The van der Waals surface area contributed by atoms with E-state index in [1.165, 1.54) is 13.2 Å². The minimum Gasteiger partial charge on any atom is -0.495 e. The summed E-state index contributed by atoms with van der Waals surface area (Å²) in [6, 6.07) is 11.9. The number of pyridine rings is 1.